The monoisotopic (exact) mass is 312 g/mol. The summed E-state index contributed by atoms with van der Waals surface area (Å²) in [6.07, 6.45) is -0.136. The summed E-state index contributed by atoms with van der Waals surface area (Å²) in [6, 6.07) is 13.3. The number of ether oxygens (including phenoxy) is 1. The van der Waals surface area contributed by atoms with Crippen LogP contribution in [-0.4, -0.2) is 24.4 Å². The highest BCUT2D eigenvalue weighted by Gasteiger charge is 2.28. The van der Waals surface area contributed by atoms with Crippen LogP contribution in [0, 0.1) is 12.8 Å². The number of rotatable bonds is 3. The lowest BCUT2D eigenvalue weighted by Gasteiger charge is -2.32. The largest absolute Gasteiger partial charge is 0.491 e. The normalized spacial score (nSPS) is 16.7. The van der Waals surface area contributed by atoms with Crippen LogP contribution in [0.25, 0.3) is 0 Å². The summed E-state index contributed by atoms with van der Waals surface area (Å²) < 4.78 is 5.83. The SMILES string of the molecule is Cc1ccc(OCC2Cc3ccccc3N(C(=O)O)C2)c(N)c1. The van der Waals surface area contributed by atoms with Crippen molar-refractivity contribution >= 4 is 17.5 Å². The number of aryl methyl sites for hydroxylation is 1. The predicted molar refractivity (Wildman–Crippen MR) is 90.1 cm³/mol. The molecule has 0 saturated heterocycles. The Balaban J connectivity index is 1.73. The first-order valence-electron chi connectivity index (χ1n) is 7.62. The molecule has 0 aliphatic carbocycles. The highest BCUT2D eigenvalue weighted by Crippen LogP contribution is 2.30. The van der Waals surface area contributed by atoms with Crippen LogP contribution in [0.15, 0.2) is 42.5 Å². The minimum absolute atomic E-state index is 0.0988. The number of nitrogens with zero attached hydrogens (tertiary/aromatic N) is 1. The Morgan fingerprint density at radius 1 is 1.35 bits per heavy atom. The van der Waals surface area contributed by atoms with Crippen LogP contribution in [0.4, 0.5) is 16.2 Å². The lowest BCUT2D eigenvalue weighted by atomic mass is 9.93. The van der Waals surface area contributed by atoms with E-state index in [2.05, 4.69) is 0 Å². The highest BCUT2D eigenvalue weighted by molar-refractivity contribution is 5.87. The zero-order valence-corrected chi connectivity index (χ0v) is 13.0. The molecule has 0 bridgehead atoms. The molecule has 23 heavy (non-hydrogen) atoms. The van der Waals surface area contributed by atoms with Gasteiger partial charge in [0.15, 0.2) is 0 Å². The average molecular weight is 312 g/mol. The van der Waals surface area contributed by atoms with Crippen molar-refractivity contribution in [2.45, 2.75) is 13.3 Å². The second-order valence-corrected chi connectivity index (χ2v) is 5.94. The number of fused-ring (bicyclic) bond motifs is 1. The Labute approximate surface area is 135 Å². The van der Waals surface area contributed by atoms with E-state index in [9.17, 15) is 9.90 Å². The Hall–Kier alpha value is -2.69. The fourth-order valence-electron chi connectivity index (χ4n) is 2.98. The van der Waals surface area contributed by atoms with Gasteiger partial charge in [0.05, 0.1) is 18.0 Å². The zero-order chi connectivity index (χ0) is 16.4. The molecule has 1 heterocycles. The summed E-state index contributed by atoms with van der Waals surface area (Å²) >= 11 is 0. The molecule has 1 amide bonds. The van der Waals surface area contributed by atoms with Gasteiger partial charge in [0, 0.05) is 12.5 Å². The van der Waals surface area contributed by atoms with Crippen molar-refractivity contribution in [1.82, 2.24) is 0 Å². The van der Waals surface area contributed by atoms with Crippen LogP contribution in [0.5, 0.6) is 5.75 Å². The first-order valence-corrected chi connectivity index (χ1v) is 7.62. The van der Waals surface area contributed by atoms with Gasteiger partial charge in [-0.1, -0.05) is 24.3 Å². The molecule has 1 atom stereocenters. The van der Waals surface area contributed by atoms with E-state index in [1.807, 2.05) is 49.4 Å². The fraction of sp³-hybridized carbons (Fsp3) is 0.278. The van der Waals surface area contributed by atoms with Crippen molar-refractivity contribution in [3.63, 3.8) is 0 Å². The number of para-hydroxylation sites is 1. The van der Waals surface area contributed by atoms with Gasteiger partial charge in [0.2, 0.25) is 0 Å². The minimum atomic E-state index is -0.933. The standard InChI is InChI=1S/C18H20N2O3/c1-12-6-7-17(15(19)8-12)23-11-13-9-14-4-2-3-5-16(14)20(10-13)18(21)22/h2-8,13H,9-11,19H2,1H3,(H,21,22). The van der Waals surface area contributed by atoms with Crippen molar-refractivity contribution in [3.8, 4) is 5.75 Å². The van der Waals surface area contributed by atoms with Crippen LogP contribution in [0.2, 0.25) is 0 Å². The van der Waals surface area contributed by atoms with Gasteiger partial charge in [-0.2, -0.15) is 0 Å². The van der Waals surface area contributed by atoms with Gasteiger partial charge in [-0.05, 0) is 42.7 Å². The molecule has 0 spiro atoms. The molecule has 1 aliphatic heterocycles. The van der Waals surface area contributed by atoms with Crippen molar-refractivity contribution in [3.05, 3.63) is 53.6 Å². The molecule has 3 N–H and O–H groups in total. The number of hydrogen-bond acceptors (Lipinski definition) is 3. The molecule has 5 heteroatoms. The molecule has 1 aliphatic rings. The van der Waals surface area contributed by atoms with E-state index in [4.69, 9.17) is 10.5 Å². The summed E-state index contributed by atoms with van der Waals surface area (Å²) in [6.45, 7) is 2.84. The van der Waals surface area contributed by atoms with E-state index in [0.29, 0.717) is 24.6 Å². The van der Waals surface area contributed by atoms with E-state index in [1.54, 1.807) is 0 Å². The van der Waals surface area contributed by atoms with Gasteiger partial charge < -0.3 is 15.6 Å². The maximum Gasteiger partial charge on any atom is 0.411 e. The number of carboxylic acid groups (broad SMARTS) is 1. The van der Waals surface area contributed by atoms with Gasteiger partial charge in [-0.3, -0.25) is 4.90 Å². The molecular formula is C18H20N2O3. The summed E-state index contributed by atoms with van der Waals surface area (Å²) in [4.78, 5) is 12.9. The maximum atomic E-state index is 11.5. The molecule has 0 aromatic heterocycles. The number of hydrogen-bond donors (Lipinski definition) is 2. The summed E-state index contributed by atoms with van der Waals surface area (Å²) in [7, 11) is 0. The predicted octanol–water partition coefficient (Wildman–Crippen LogP) is 3.31. The molecule has 1 unspecified atom stereocenters. The topological polar surface area (TPSA) is 75.8 Å². The zero-order valence-electron chi connectivity index (χ0n) is 13.0. The molecule has 2 aromatic rings. The third-order valence-electron chi connectivity index (χ3n) is 4.10. The summed E-state index contributed by atoms with van der Waals surface area (Å²) in [5.74, 6) is 0.748. The van der Waals surface area contributed by atoms with E-state index in [0.717, 1.165) is 23.2 Å². The van der Waals surface area contributed by atoms with Crippen LogP contribution in [-0.2, 0) is 6.42 Å². The van der Waals surface area contributed by atoms with Crippen LogP contribution in [0.3, 0.4) is 0 Å². The molecule has 3 rings (SSSR count). The number of anilines is 2. The Morgan fingerprint density at radius 3 is 2.87 bits per heavy atom. The lowest BCUT2D eigenvalue weighted by Crippen LogP contribution is -2.41. The van der Waals surface area contributed by atoms with E-state index in [-0.39, 0.29) is 5.92 Å². The fourth-order valence-corrected chi connectivity index (χ4v) is 2.98. The lowest BCUT2D eigenvalue weighted by molar-refractivity contribution is 0.194. The Morgan fingerprint density at radius 2 is 2.13 bits per heavy atom. The second-order valence-electron chi connectivity index (χ2n) is 5.94. The second kappa shape index (κ2) is 6.20. The number of amides is 1. The molecule has 0 radical (unpaired) electrons. The van der Waals surface area contributed by atoms with Gasteiger partial charge in [-0.15, -0.1) is 0 Å². The molecule has 120 valence electrons. The van der Waals surface area contributed by atoms with E-state index >= 15 is 0 Å². The van der Waals surface area contributed by atoms with Crippen LogP contribution in [0.1, 0.15) is 11.1 Å². The molecule has 5 nitrogen and oxygen atoms in total. The van der Waals surface area contributed by atoms with Crippen molar-refractivity contribution in [2.75, 3.05) is 23.8 Å². The van der Waals surface area contributed by atoms with Gasteiger partial charge in [0.25, 0.3) is 0 Å². The van der Waals surface area contributed by atoms with E-state index in [1.165, 1.54) is 4.90 Å². The van der Waals surface area contributed by atoms with Crippen molar-refractivity contribution < 1.29 is 14.6 Å². The number of nitrogen functional groups attached to an aromatic ring is 1. The first-order chi connectivity index (χ1) is 11.0. The minimum Gasteiger partial charge on any atom is -0.491 e. The molecule has 0 saturated carbocycles. The molecular weight excluding hydrogens is 292 g/mol. The van der Waals surface area contributed by atoms with Crippen LogP contribution < -0.4 is 15.4 Å². The average Bonchev–Trinajstić information content (AvgIpc) is 2.53. The summed E-state index contributed by atoms with van der Waals surface area (Å²) in [5, 5.41) is 9.43. The van der Waals surface area contributed by atoms with Gasteiger partial charge in [-0.25, -0.2) is 4.79 Å². The number of carbonyl (C=O) groups is 1. The highest BCUT2D eigenvalue weighted by atomic mass is 16.5. The third kappa shape index (κ3) is 3.23. The number of benzene rings is 2. The van der Waals surface area contributed by atoms with Crippen molar-refractivity contribution in [1.29, 1.82) is 0 Å². The Kier molecular flexibility index (Phi) is 4.10. The quantitative estimate of drug-likeness (QED) is 0.853. The smallest absolute Gasteiger partial charge is 0.411 e. The van der Waals surface area contributed by atoms with Crippen LogP contribution >= 0.6 is 0 Å². The molecule has 0 fully saturated rings. The first kappa shape index (κ1) is 15.2. The molecule has 2 aromatic carbocycles. The van der Waals surface area contributed by atoms with E-state index < -0.39 is 6.09 Å². The number of nitrogens with two attached hydrogens (primary N) is 1. The van der Waals surface area contributed by atoms with Crippen molar-refractivity contribution in [2.24, 2.45) is 5.92 Å². The third-order valence-corrected chi connectivity index (χ3v) is 4.10. The van der Waals surface area contributed by atoms with Gasteiger partial charge in [0.1, 0.15) is 5.75 Å². The summed E-state index contributed by atoms with van der Waals surface area (Å²) in [5.41, 5.74) is 9.45. The Bertz CT molecular complexity index is 730. The maximum absolute atomic E-state index is 11.5. The van der Waals surface area contributed by atoms with Gasteiger partial charge >= 0.3 is 6.09 Å².